The normalized spacial score (nSPS) is 14.7. The first kappa shape index (κ1) is 15.9. The van der Waals surface area contributed by atoms with E-state index in [2.05, 4.69) is 12.7 Å². The number of hydrogen-bond acceptors (Lipinski definition) is 4. The summed E-state index contributed by atoms with van der Waals surface area (Å²) >= 11 is 5.68. The topological polar surface area (TPSA) is 72.0 Å². The van der Waals surface area contributed by atoms with E-state index in [1.54, 1.807) is 6.07 Å². The first-order chi connectivity index (χ1) is 9.13. The third kappa shape index (κ3) is 3.05. The van der Waals surface area contributed by atoms with E-state index in [0.29, 0.717) is 20.5 Å². The molecule has 1 heterocycles. The van der Waals surface area contributed by atoms with Gasteiger partial charge in [-0.05, 0) is 0 Å². The molecule has 110 valence electrons. The fourth-order valence-corrected chi connectivity index (χ4v) is 4.66. The van der Waals surface area contributed by atoms with E-state index < -0.39 is 10.0 Å². The number of aromatic nitrogens is 2. The summed E-state index contributed by atoms with van der Waals surface area (Å²) in [6.07, 6.45) is -0.268. The van der Waals surface area contributed by atoms with Gasteiger partial charge in [0.2, 0.25) is 0 Å². The summed E-state index contributed by atoms with van der Waals surface area (Å²) in [7, 11) is 2.10. The zero-order valence-electron chi connectivity index (χ0n) is 11.6. The van der Waals surface area contributed by atoms with Crippen molar-refractivity contribution < 1.29 is 12.9 Å². The Kier molecular flexibility index (Phi) is 4.26. The average Bonchev–Trinajstić information content (AvgIpc) is 2.76. The van der Waals surface area contributed by atoms with E-state index in [1.807, 2.05) is 28.1 Å². The van der Waals surface area contributed by atoms with Gasteiger partial charge in [-0.1, -0.05) is 0 Å². The maximum absolute atomic E-state index is 12.5. The van der Waals surface area contributed by atoms with Crippen LogP contribution in [0.25, 0.3) is 11.0 Å². The molecule has 0 bridgehead atoms. The van der Waals surface area contributed by atoms with Gasteiger partial charge in [-0.25, -0.2) is 0 Å². The molecule has 0 radical (unpaired) electrons. The van der Waals surface area contributed by atoms with E-state index >= 15 is 0 Å². The minimum absolute atomic E-state index is 0.139. The van der Waals surface area contributed by atoms with Crippen LogP contribution in [0.1, 0.15) is 6.92 Å². The van der Waals surface area contributed by atoms with Crippen molar-refractivity contribution >= 4 is 47.6 Å². The molecule has 2 rings (SSSR count). The molecule has 1 aromatic heterocycles. The summed E-state index contributed by atoms with van der Waals surface area (Å²) in [6.45, 7) is 1.82. The molecule has 1 atom stereocenters. The van der Waals surface area contributed by atoms with Crippen molar-refractivity contribution in [3.8, 4) is 0 Å². The Labute approximate surface area is 129 Å². The maximum atomic E-state index is 12.5. The third-order valence-electron chi connectivity index (χ3n) is 3.11. The van der Waals surface area contributed by atoms with Crippen LogP contribution in [-0.4, -0.2) is 63.1 Å². The molecule has 1 aromatic carbocycles. The van der Waals surface area contributed by atoms with Gasteiger partial charge in [0.05, 0.1) is 0 Å². The summed E-state index contributed by atoms with van der Waals surface area (Å²) in [4.78, 5) is 0.139. The second kappa shape index (κ2) is 5.36. The van der Waals surface area contributed by atoms with Gasteiger partial charge in [0.15, 0.2) is 0 Å². The van der Waals surface area contributed by atoms with Gasteiger partial charge in [-0.3, -0.25) is 0 Å². The predicted molar refractivity (Wildman–Crippen MR) is 79.3 cm³/mol. The number of quaternary nitrogens is 1. The summed E-state index contributed by atoms with van der Waals surface area (Å²) in [6, 6.07) is 3.03. The van der Waals surface area contributed by atoms with Gasteiger partial charge in [0.25, 0.3) is 0 Å². The fourth-order valence-electron chi connectivity index (χ4n) is 1.48. The first-order valence-corrected chi connectivity index (χ1v) is 9.26. The first-order valence-electron chi connectivity index (χ1n) is 5.87. The Morgan fingerprint density at radius 2 is 1.85 bits per heavy atom. The standard InChI is InChI=1S/C11H16ClN4O2SSe/c1-7(16(2,3)4)13-19(17,18)9-6-5-8(12)10-11(9)15-20-14-10/h5-7,13H,1-4H3/q+1. The van der Waals surface area contributed by atoms with Gasteiger partial charge >= 0.3 is 129 Å². The third-order valence-corrected chi connectivity index (χ3v) is 6.08. The van der Waals surface area contributed by atoms with E-state index in [-0.39, 0.29) is 26.0 Å². The molecule has 2 aromatic rings. The Hall–Kier alpha value is -0.501. The number of hydrogen-bond donors (Lipinski definition) is 1. The molecule has 0 amide bonds. The average molecular weight is 383 g/mol. The molecule has 0 aliphatic carbocycles. The fraction of sp³-hybridized carbons (Fsp3) is 0.455. The van der Waals surface area contributed by atoms with E-state index in [4.69, 9.17) is 11.6 Å². The number of sulfonamides is 1. The van der Waals surface area contributed by atoms with E-state index in [9.17, 15) is 8.42 Å². The summed E-state index contributed by atoms with van der Waals surface area (Å²) in [5, 5.41) is 0.432. The number of halogens is 1. The van der Waals surface area contributed by atoms with Gasteiger partial charge in [-0.2, -0.15) is 0 Å². The molecule has 0 saturated heterocycles. The number of benzene rings is 1. The molecule has 9 heteroatoms. The van der Waals surface area contributed by atoms with Crippen LogP contribution in [0.4, 0.5) is 0 Å². The number of fused-ring (bicyclic) bond motifs is 1. The predicted octanol–water partition coefficient (Wildman–Crippen LogP) is 0.671. The molecule has 20 heavy (non-hydrogen) atoms. The van der Waals surface area contributed by atoms with Crippen LogP contribution in [0.3, 0.4) is 0 Å². The van der Waals surface area contributed by atoms with Crippen LogP contribution in [0.2, 0.25) is 5.02 Å². The molecule has 0 aliphatic heterocycles. The number of rotatable bonds is 4. The molecule has 1 N–H and O–H groups in total. The summed E-state index contributed by atoms with van der Waals surface area (Å²) in [5.74, 6) is 0. The molecule has 0 aliphatic rings. The van der Waals surface area contributed by atoms with Crippen molar-refractivity contribution in [3.63, 3.8) is 0 Å². The minimum atomic E-state index is -3.65. The van der Waals surface area contributed by atoms with Crippen molar-refractivity contribution in [2.75, 3.05) is 21.1 Å². The Morgan fingerprint density at radius 1 is 1.25 bits per heavy atom. The Morgan fingerprint density at radius 3 is 2.45 bits per heavy atom. The van der Waals surface area contributed by atoms with Gasteiger partial charge < -0.3 is 0 Å². The van der Waals surface area contributed by atoms with Crippen LogP contribution >= 0.6 is 11.6 Å². The molecule has 0 spiro atoms. The molecule has 0 saturated carbocycles. The van der Waals surface area contributed by atoms with Crippen molar-refractivity contribution in [3.05, 3.63) is 17.2 Å². The van der Waals surface area contributed by atoms with Crippen molar-refractivity contribution in [1.29, 1.82) is 0 Å². The monoisotopic (exact) mass is 383 g/mol. The van der Waals surface area contributed by atoms with Crippen LogP contribution < -0.4 is 4.72 Å². The van der Waals surface area contributed by atoms with Gasteiger partial charge in [0.1, 0.15) is 0 Å². The Bertz CT molecular complexity index is 738. The molecule has 1 unspecified atom stereocenters. The zero-order valence-corrected chi connectivity index (χ0v) is 14.9. The van der Waals surface area contributed by atoms with Gasteiger partial charge in [-0.15, -0.1) is 0 Å². The zero-order chi connectivity index (χ0) is 15.1. The van der Waals surface area contributed by atoms with Crippen LogP contribution in [0.15, 0.2) is 17.0 Å². The van der Waals surface area contributed by atoms with Crippen molar-refractivity contribution in [2.24, 2.45) is 0 Å². The molecular formula is C11H16ClN4O2SSe+. The SMILES string of the molecule is CC(NS(=O)(=O)c1ccc(Cl)c2n[se]nc12)[N+](C)(C)C. The van der Waals surface area contributed by atoms with Crippen LogP contribution in [-0.2, 0) is 10.0 Å². The molecular weight excluding hydrogens is 367 g/mol. The van der Waals surface area contributed by atoms with Crippen LogP contribution in [0.5, 0.6) is 0 Å². The van der Waals surface area contributed by atoms with Crippen molar-refractivity contribution in [1.82, 2.24) is 12.7 Å². The second-order valence-corrected chi connectivity index (χ2v) is 8.62. The van der Waals surface area contributed by atoms with Crippen molar-refractivity contribution in [2.45, 2.75) is 18.0 Å². The van der Waals surface area contributed by atoms with Gasteiger partial charge in [0, 0.05) is 0 Å². The number of nitrogens with zero attached hydrogens (tertiary/aromatic N) is 3. The molecule has 0 fully saturated rings. The Balaban J connectivity index is 2.48. The second-order valence-electron chi connectivity index (χ2n) is 5.42. The quantitative estimate of drug-likeness (QED) is 0.479. The molecule has 6 nitrogen and oxygen atoms in total. The number of nitrogens with one attached hydrogen (secondary N) is 1. The summed E-state index contributed by atoms with van der Waals surface area (Å²) in [5.41, 5.74) is 0.853. The van der Waals surface area contributed by atoms with Crippen LogP contribution in [0, 0.1) is 0 Å². The van der Waals surface area contributed by atoms with E-state index in [1.165, 1.54) is 6.07 Å². The summed E-state index contributed by atoms with van der Waals surface area (Å²) < 4.78 is 36.5. The van der Waals surface area contributed by atoms with E-state index in [0.717, 1.165) is 0 Å².